The molecule has 0 bridgehead atoms. The Morgan fingerprint density at radius 3 is 2.72 bits per heavy atom. The monoisotopic (exact) mass is 348 g/mol. The molecular formula is C18H28N4O3. The molecule has 2 unspecified atom stereocenters. The molecule has 25 heavy (non-hydrogen) atoms. The molecular weight excluding hydrogens is 320 g/mol. The molecule has 1 aromatic heterocycles. The van der Waals surface area contributed by atoms with Gasteiger partial charge in [-0.25, -0.2) is 4.98 Å². The fourth-order valence-electron chi connectivity index (χ4n) is 3.52. The fraction of sp³-hybridized carbons (Fsp3) is 0.667. The minimum Gasteiger partial charge on any atom is -0.378 e. The lowest BCUT2D eigenvalue weighted by molar-refractivity contribution is -0.166. The number of nitrogens with one attached hydrogen (secondary N) is 1. The first-order valence-corrected chi connectivity index (χ1v) is 8.89. The third-order valence-electron chi connectivity index (χ3n) is 5.60. The Morgan fingerprint density at radius 2 is 2.16 bits per heavy atom. The van der Waals surface area contributed by atoms with Crippen LogP contribution >= 0.6 is 0 Å². The number of morpholine rings is 1. The molecule has 0 aromatic carbocycles. The van der Waals surface area contributed by atoms with Crippen LogP contribution in [-0.4, -0.2) is 55.4 Å². The zero-order valence-corrected chi connectivity index (χ0v) is 15.2. The highest BCUT2D eigenvalue weighted by molar-refractivity contribution is 5.99. The van der Waals surface area contributed by atoms with Gasteiger partial charge in [-0.3, -0.25) is 4.79 Å². The van der Waals surface area contributed by atoms with E-state index in [1.807, 2.05) is 32.9 Å². The SMILES string of the molecule is CCOC1CC(N)(C(=O)Nc2ccc(N3CCOCC3)cn2)C1(C)C. The number of ether oxygens (including phenoxy) is 2. The molecule has 0 spiro atoms. The minimum absolute atomic E-state index is 0.00454. The average molecular weight is 348 g/mol. The van der Waals surface area contributed by atoms with Crippen molar-refractivity contribution in [2.75, 3.05) is 43.1 Å². The van der Waals surface area contributed by atoms with Gasteiger partial charge in [0.25, 0.3) is 0 Å². The van der Waals surface area contributed by atoms with Gasteiger partial charge in [0.2, 0.25) is 5.91 Å². The summed E-state index contributed by atoms with van der Waals surface area (Å²) in [5, 5.41) is 2.86. The summed E-state index contributed by atoms with van der Waals surface area (Å²) < 4.78 is 11.0. The van der Waals surface area contributed by atoms with Crippen molar-refractivity contribution in [3.05, 3.63) is 18.3 Å². The number of anilines is 2. The maximum atomic E-state index is 12.7. The summed E-state index contributed by atoms with van der Waals surface area (Å²) in [7, 11) is 0. The molecule has 7 nitrogen and oxygen atoms in total. The van der Waals surface area contributed by atoms with Crippen molar-refractivity contribution in [3.8, 4) is 0 Å². The molecule has 3 rings (SSSR count). The summed E-state index contributed by atoms with van der Waals surface area (Å²) in [6.07, 6.45) is 2.30. The Kier molecular flexibility index (Phi) is 4.99. The topological polar surface area (TPSA) is 89.7 Å². The lowest BCUT2D eigenvalue weighted by Crippen LogP contribution is -2.74. The summed E-state index contributed by atoms with van der Waals surface area (Å²) in [5.74, 6) is 0.308. The third-order valence-corrected chi connectivity index (χ3v) is 5.60. The Morgan fingerprint density at radius 1 is 1.44 bits per heavy atom. The molecule has 1 aromatic rings. The van der Waals surface area contributed by atoms with Crippen LogP contribution in [0.15, 0.2) is 18.3 Å². The average Bonchev–Trinajstić information content (AvgIpc) is 2.62. The Balaban J connectivity index is 1.63. The molecule has 7 heteroatoms. The predicted octanol–water partition coefficient (Wildman–Crippen LogP) is 1.39. The van der Waals surface area contributed by atoms with Crippen LogP contribution in [0.4, 0.5) is 11.5 Å². The van der Waals surface area contributed by atoms with Crippen LogP contribution in [0.1, 0.15) is 27.2 Å². The molecule has 1 saturated carbocycles. The smallest absolute Gasteiger partial charge is 0.246 e. The Labute approximate surface area is 148 Å². The minimum atomic E-state index is -0.947. The van der Waals surface area contributed by atoms with Crippen molar-refractivity contribution in [3.63, 3.8) is 0 Å². The molecule has 3 N–H and O–H groups in total. The van der Waals surface area contributed by atoms with Gasteiger partial charge in [-0.2, -0.15) is 0 Å². The van der Waals surface area contributed by atoms with Gasteiger partial charge in [-0.15, -0.1) is 0 Å². The number of pyridine rings is 1. The number of carbonyl (C=O) groups excluding carboxylic acids is 1. The van der Waals surface area contributed by atoms with E-state index in [0.717, 1.165) is 32.0 Å². The number of hydrogen-bond donors (Lipinski definition) is 2. The molecule has 1 aliphatic carbocycles. The highest BCUT2D eigenvalue weighted by Crippen LogP contribution is 2.50. The van der Waals surface area contributed by atoms with Crippen LogP contribution in [0.2, 0.25) is 0 Å². The summed E-state index contributed by atoms with van der Waals surface area (Å²) in [4.78, 5) is 19.3. The van der Waals surface area contributed by atoms with E-state index in [4.69, 9.17) is 15.2 Å². The molecule has 138 valence electrons. The van der Waals surface area contributed by atoms with Crippen molar-refractivity contribution in [2.24, 2.45) is 11.1 Å². The largest absolute Gasteiger partial charge is 0.378 e. The highest BCUT2D eigenvalue weighted by atomic mass is 16.5. The van der Waals surface area contributed by atoms with E-state index >= 15 is 0 Å². The summed E-state index contributed by atoms with van der Waals surface area (Å²) in [5.41, 5.74) is 6.07. The van der Waals surface area contributed by atoms with Gasteiger partial charge in [0.1, 0.15) is 11.4 Å². The van der Waals surface area contributed by atoms with E-state index in [9.17, 15) is 4.79 Å². The second kappa shape index (κ2) is 6.90. The number of nitrogens with zero attached hydrogens (tertiary/aromatic N) is 2. The molecule has 0 radical (unpaired) electrons. The van der Waals surface area contributed by atoms with Gasteiger partial charge < -0.3 is 25.4 Å². The zero-order chi connectivity index (χ0) is 18.1. The second-order valence-corrected chi connectivity index (χ2v) is 7.30. The Hall–Kier alpha value is -1.70. The maximum Gasteiger partial charge on any atom is 0.246 e. The fourth-order valence-corrected chi connectivity index (χ4v) is 3.52. The molecule has 1 amide bonds. The van der Waals surface area contributed by atoms with Crippen LogP contribution in [-0.2, 0) is 14.3 Å². The van der Waals surface area contributed by atoms with Crippen molar-refractivity contribution < 1.29 is 14.3 Å². The lowest BCUT2D eigenvalue weighted by Gasteiger charge is -2.57. The molecule has 2 heterocycles. The van der Waals surface area contributed by atoms with E-state index < -0.39 is 11.0 Å². The van der Waals surface area contributed by atoms with Crippen LogP contribution in [0.3, 0.4) is 0 Å². The van der Waals surface area contributed by atoms with E-state index in [1.165, 1.54) is 0 Å². The number of amides is 1. The van der Waals surface area contributed by atoms with Gasteiger partial charge >= 0.3 is 0 Å². The van der Waals surface area contributed by atoms with Crippen molar-refractivity contribution in [2.45, 2.75) is 38.8 Å². The van der Waals surface area contributed by atoms with Crippen LogP contribution in [0, 0.1) is 5.41 Å². The first-order valence-electron chi connectivity index (χ1n) is 8.89. The van der Waals surface area contributed by atoms with Gasteiger partial charge in [0, 0.05) is 31.5 Å². The van der Waals surface area contributed by atoms with E-state index in [-0.39, 0.29) is 12.0 Å². The molecule has 2 fully saturated rings. The first kappa shape index (κ1) is 18.1. The van der Waals surface area contributed by atoms with Gasteiger partial charge in [-0.05, 0) is 19.1 Å². The summed E-state index contributed by atoms with van der Waals surface area (Å²) >= 11 is 0. The quantitative estimate of drug-likeness (QED) is 0.836. The Bertz CT molecular complexity index is 613. The van der Waals surface area contributed by atoms with E-state index in [0.29, 0.717) is 18.8 Å². The van der Waals surface area contributed by atoms with Crippen molar-refractivity contribution in [1.29, 1.82) is 0 Å². The van der Waals surface area contributed by atoms with Crippen LogP contribution in [0.5, 0.6) is 0 Å². The summed E-state index contributed by atoms with van der Waals surface area (Å²) in [6, 6.07) is 3.78. The van der Waals surface area contributed by atoms with Gasteiger partial charge in [-0.1, -0.05) is 13.8 Å². The number of aromatic nitrogens is 1. The second-order valence-electron chi connectivity index (χ2n) is 7.30. The predicted molar refractivity (Wildman–Crippen MR) is 96.6 cm³/mol. The number of rotatable bonds is 5. The van der Waals surface area contributed by atoms with Crippen LogP contribution in [0.25, 0.3) is 0 Å². The van der Waals surface area contributed by atoms with Crippen molar-refractivity contribution in [1.82, 2.24) is 4.98 Å². The molecule has 1 aliphatic heterocycles. The van der Waals surface area contributed by atoms with Gasteiger partial charge in [0.05, 0.1) is 31.2 Å². The number of carbonyl (C=O) groups is 1. The van der Waals surface area contributed by atoms with E-state index in [1.54, 1.807) is 6.20 Å². The third kappa shape index (κ3) is 3.23. The lowest BCUT2D eigenvalue weighted by atomic mass is 9.54. The molecule has 1 saturated heterocycles. The first-order chi connectivity index (χ1) is 11.9. The molecule has 2 aliphatic rings. The standard InChI is InChI=1S/C18H28N4O3/c1-4-25-14-11-18(19,17(14,2)3)16(23)21-15-6-5-13(12-20-15)22-7-9-24-10-8-22/h5-6,12,14H,4,7-11,19H2,1-3H3,(H,20,21,23). The highest BCUT2D eigenvalue weighted by Gasteiger charge is 2.62. The van der Waals surface area contributed by atoms with Crippen molar-refractivity contribution >= 4 is 17.4 Å². The number of hydrogen-bond acceptors (Lipinski definition) is 6. The van der Waals surface area contributed by atoms with E-state index in [2.05, 4.69) is 15.2 Å². The van der Waals surface area contributed by atoms with Crippen LogP contribution < -0.4 is 16.0 Å². The zero-order valence-electron chi connectivity index (χ0n) is 15.2. The molecule has 2 atom stereocenters. The normalized spacial score (nSPS) is 28.3. The van der Waals surface area contributed by atoms with Gasteiger partial charge in [0.15, 0.2) is 0 Å². The summed E-state index contributed by atoms with van der Waals surface area (Å²) in [6.45, 7) is 9.69. The maximum absolute atomic E-state index is 12.7. The number of nitrogens with two attached hydrogens (primary N) is 1.